The monoisotopic (exact) mass is 568 g/mol. The maximum Gasteiger partial charge on any atom is 0.243 e. The topological polar surface area (TPSA) is 128 Å². The van der Waals surface area contributed by atoms with Crippen molar-refractivity contribution in [2.75, 3.05) is 26.2 Å². The fraction of sp³-hybridized carbons (Fsp3) is 0.645. The molecule has 4 rings (SSSR count). The molecule has 0 aromatic heterocycles. The maximum atomic E-state index is 13.7. The average Bonchev–Trinajstić information content (AvgIpc) is 3.50. The number of likely N-dealkylation sites (tertiary alicyclic amines) is 2. The number of carbonyl (C=O) groups is 5. The maximum absolute atomic E-state index is 13.7. The van der Waals surface area contributed by atoms with Crippen LogP contribution >= 0.6 is 0 Å². The van der Waals surface area contributed by atoms with Gasteiger partial charge in [-0.05, 0) is 50.5 Å². The number of hydrogen-bond donors (Lipinski definition) is 2. The highest BCUT2D eigenvalue weighted by molar-refractivity contribution is 5.98. The lowest BCUT2D eigenvalue weighted by atomic mass is 9.93. The largest absolute Gasteiger partial charge is 0.361 e. The van der Waals surface area contributed by atoms with Crippen LogP contribution in [0.2, 0.25) is 0 Å². The molecule has 0 radical (unpaired) electrons. The molecule has 10 nitrogen and oxygen atoms in total. The molecule has 1 aromatic carbocycles. The molecule has 1 aromatic rings. The van der Waals surface area contributed by atoms with Gasteiger partial charge in [-0.1, -0.05) is 44.2 Å². The number of rotatable bonds is 11. The Kier molecular flexibility index (Phi) is 9.84. The average molecular weight is 569 g/mol. The van der Waals surface area contributed by atoms with E-state index in [0.717, 1.165) is 5.56 Å². The van der Waals surface area contributed by atoms with Crippen molar-refractivity contribution >= 4 is 29.4 Å². The summed E-state index contributed by atoms with van der Waals surface area (Å²) in [6.45, 7) is 9.14. The molecule has 0 spiro atoms. The van der Waals surface area contributed by atoms with Crippen molar-refractivity contribution in [2.24, 2.45) is 11.8 Å². The van der Waals surface area contributed by atoms with Crippen LogP contribution in [0, 0.1) is 11.8 Å². The standard InChI is InChI=1S/C31H44N4O6/c1-20(2)17-24(27(37)31(4)19-41-31)32-28(38)25(18-22-9-6-5-7-10-22)33-29(39)26-11-8-14-35(26)30(40)23-12-15-34(16-13-23)21(3)36/h5-7,9-10,20,23-26H,8,11-19H2,1-4H3,(H,32,38)(H,33,39)/t24-,25-,26-,31?/m0/s1. The van der Waals surface area contributed by atoms with E-state index < -0.39 is 29.6 Å². The molecule has 0 bridgehead atoms. The van der Waals surface area contributed by atoms with E-state index in [1.165, 1.54) is 6.92 Å². The number of amides is 4. The molecular weight excluding hydrogens is 524 g/mol. The van der Waals surface area contributed by atoms with Crippen LogP contribution in [0.4, 0.5) is 0 Å². The number of nitrogens with zero attached hydrogens (tertiary/aromatic N) is 2. The van der Waals surface area contributed by atoms with Crippen LogP contribution in [-0.2, 0) is 35.1 Å². The van der Waals surface area contributed by atoms with E-state index in [1.54, 1.807) is 16.7 Å². The first-order chi connectivity index (χ1) is 19.5. The molecule has 1 unspecified atom stereocenters. The second-order valence-corrected chi connectivity index (χ2v) is 12.3. The summed E-state index contributed by atoms with van der Waals surface area (Å²) in [5, 5.41) is 5.84. The Morgan fingerprint density at radius 3 is 2.22 bits per heavy atom. The second-order valence-electron chi connectivity index (χ2n) is 12.3. The molecular formula is C31H44N4O6. The highest BCUT2D eigenvalue weighted by Crippen LogP contribution is 2.30. The molecule has 41 heavy (non-hydrogen) atoms. The van der Waals surface area contributed by atoms with Gasteiger partial charge in [-0.15, -0.1) is 0 Å². The predicted molar refractivity (Wildman–Crippen MR) is 153 cm³/mol. The number of nitrogens with one attached hydrogen (secondary N) is 2. The summed E-state index contributed by atoms with van der Waals surface area (Å²) in [6.07, 6.45) is 3.09. The van der Waals surface area contributed by atoms with E-state index in [-0.39, 0.29) is 41.8 Å². The number of hydrogen-bond acceptors (Lipinski definition) is 6. The van der Waals surface area contributed by atoms with Gasteiger partial charge in [0.2, 0.25) is 23.6 Å². The quantitative estimate of drug-likeness (QED) is 0.392. The van der Waals surface area contributed by atoms with Crippen LogP contribution < -0.4 is 10.6 Å². The normalized spacial score (nSPS) is 24.1. The van der Waals surface area contributed by atoms with E-state index in [9.17, 15) is 24.0 Å². The Morgan fingerprint density at radius 1 is 0.976 bits per heavy atom. The van der Waals surface area contributed by atoms with Gasteiger partial charge in [-0.2, -0.15) is 0 Å². The molecule has 4 amide bonds. The first-order valence-electron chi connectivity index (χ1n) is 14.9. The first-order valence-corrected chi connectivity index (χ1v) is 14.9. The van der Waals surface area contributed by atoms with Crippen molar-refractivity contribution in [1.82, 2.24) is 20.4 Å². The minimum Gasteiger partial charge on any atom is -0.361 e. The lowest BCUT2D eigenvalue weighted by molar-refractivity contribution is -0.144. The molecule has 3 fully saturated rings. The number of piperidine rings is 1. The first kappa shape index (κ1) is 30.7. The molecule has 0 aliphatic carbocycles. The Hall–Kier alpha value is -3.27. The zero-order chi connectivity index (χ0) is 29.7. The van der Waals surface area contributed by atoms with E-state index in [0.29, 0.717) is 58.3 Å². The van der Waals surface area contributed by atoms with Crippen LogP contribution in [0.15, 0.2) is 30.3 Å². The van der Waals surface area contributed by atoms with E-state index in [2.05, 4.69) is 10.6 Å². The van der Waals surface area contributed by atoms with Gasteiger partial charge in [0, 0.05) is 38.9 Å². The van der Waals surface area contributed by atoms with Crippen molar-refractivity contribution in [2.45, 2.75) is 89.9 Å². The Morgan fingerprint density at radius 2 is 1.63 bits per heavy atom. The number of benzene rings is 1. The highest BCUT2D eigenvalue weighted by Gasteiger charge is 2.50. The molecule has 3 heterocycles. The molecule has 3 saturated heterocycles. The van der Waals surface area contributed by atoms with Crippen molar-refractivity contribution in [1.29, 1.82) is 0 Å². The lowest BCUT2D eigenvalue weighted by Crippen LogP contribution is -2.57. The minimum absolute atomic E-state index is 0.00755. The molecule has 3 aliphatic rings. The van der Waals surface area contributed by atoms with Gasteiger partial charge in [0.25, 0.3) is 0 Å². The summed E-state index contributed by atoms with van der Waals surface area (Å²) in [7, 11) is 0. The summed E-state index contributed by atoms with van der Waals surface area (Å²) in [6, 6.07) is 7.10. The van der Waals surface area contributed by atoms with Gasteiger partial charge in [0.05, 0.1) is 12.6 Å². The fourth-order valence-electron chi connectivity index (χ4n) is 5.90. The second kappa shape index (κ2) is 13.1. The number of Topliss-reactive ketones (excluding diaryl/α,β-unsaturated/α-hetero) is 1. The van der Waals surface area contributed by atoms with E-state index in [1.807, 2.05) is 44.2 Å². The third kappa shape index (κ3) is 7.72. The van der Waals surface area contributed by atoms with Crippen molar-refractivity contribution in [3.05, 3.63) is 35.9 Å². The zero-order valence-electron chi connectivity index (χ0n) is 24.7. The van der Waals surface area contributed by atoms with Gasteiger partial charge in [0.1, 0.15) is 17.7 Å². The van der Waals surface area contributed by atoms with Crippen LogP contribution in [0.5, 0.6) is 0 Å². The third-order valence-electron chi connectivity index (χ3n) is 8.48. The van der Waals surface area contributed by atoms with Gasteiger partial charge < -0.3 is 25.2 Å². The van der Waals surface area contributed by atoms with E-state index in [4.69, 9.17) is 4.74 Å². The summed E-state index contributed by atoms with van der Waals surface area (Å²) >= 11 is 0. The minimum atomic E-state index is -0.920. The summed E-state index contributed by atoms with van der Waals surface area (Å²) in [4.78, 5) is 69.0. The summed E-state index contributed by atoms with van der Waals surface area (Å²) in [5.41, 5.74) is -0.00946. The lowest BCUT2D eigenvalue weighted by Gasteiger charge is -2.34. The van der Waals surface area contributed by atoms with Gasteiger partial charge in [-0.3, -0.25) is 24.0 Å². The molecule has 10 heteroatoms. The van der Waals surface area contributed by atoms with Crippen LogP contribution in [0.25, 0.3) is 0 Å². The SMILES string of the molecule is CC(=O)N1CCC(C(=O)N2CCC[C@H]2C(=O)N[C@@H](Cc2ccccc2)C(=O)N[C@@H](CC(C)C)C(=O)C2(C)CO2)CC1. The Bertz CT molecular complexity index is 1130. The number of ether oxygens (including phenoxy) is 1. The molecule has 4 atom stereocenters. The van der Waals surface area contributed by atoms with Crippen molar-refractivity contribution in [3.63, 3.8) is 0 Å². The molecule has 224 valence electrons. The summed E-state index contributed by atoms with van der Waals surface area (Å²) < 4.78 is 5.36. The third-order valence-corrected chi connectivity index (χ3v) is 8.48. The molecule has 2 N–H and O–H groups in total. The van der Waals surface area contributed by atoms with Crippen LogP contribution in [-0.4, -0.2) is 89.2 Å². The Labute approximate surface area is 242 Å². The number of carbonyl (C=O) groups excluding carboxylic acids is 5. The van der Waals surface area contributed by atoms with E-state index >= 15 is 0 Å². The smallest absolute Gasteiger partial charge is 0.243 e. The molecule has 0 saturated carbocycles. The zero-order valence-corrected chi connectivity index (χ0v) is 24.7. The predicted octanol–water partition coefficient (Wildman–Crippen LogP) is 1.85. The summed E-state index contributed by atoms with van der Waals surface area (Å²) in [5.74, 6) is -1.07. The number of epoxide rings is 1. The number of ketones is 1. The van der Waals surface area contributed by atoms with Gasteiger partial charge in [-0.25, -0.2) is 0 Å². The van der Waals surface area contributed by atoms with Crippen LogP contribution in [0.3, 0.4) is 0 Å². The highest BCUT2D eigenvalue weighted by atomic mass is 16.6. The molecule has 3 aliphatic heterocycles. The van der Waals surface area contributed by atoms with Crippen LogP contribution in [0.1, 0.15) is 65.4 Å². The van der Waals surface area contributed by atoms with Gasteiger partial charge in [0.15, 0.2) is 5.78 Å². The fourth-order valence-corrected chi connectivity index (χ4v) is 5.90. The van der Waals surface area contributed by atoms with Crippen molar-refractivity contribution < 1.29 is 28.7 Å². The van der Waals surface area contributed by atoms with Crippen molar-refractivity contribution in [3.8, 4) is 0 Å². The van der Waals surface area contributed by atoms with Gasteiger partial charge >= 0.3 is 0 Å². The Balaban J connectivity index is 1.46.